The number of benzene rings is 1. The SMILES string of the molecule is O=C(O)C[C@@H]1[C@@H](O)[C@@H](O)CN2C(=O)c3ccccc3[C@H]12. The van der Waals surface area contributed by atoms with Gasteiger partial charge in [-0.1, -0.05) is 18.2 Å². The van der Waals surface area contributed by atoms with Crippen molar-refractivity contribution in [2.75, 3.05) is 6.54 Å². The van der Waals surface area contributed by atoms with Crippen LogP contribution in [-0.4, -0.2) is 50.8 Å². The summed E-state index contributed by atoms with van der Waals surface area (Å²) >= 11 is 0. The lowest BCUT2D eigenvalue weighted by atomic mass is 9.81. The summed E-state index contributed by atoms with van der Waals surface area (Å²) in [5, 5.41) is 29.0. The van der Waals surface area contributed by atoms with Crippen LogP contribution in [-0.2, 0) is 4.79 Å². The molecule has 6 nitrogen and oxygen atoms in total. The lowest BCUT2D eigenvalue weighted by molar-refractivity contribution is -0.144. The number of amides is 1. The highest BCUT2D eigenvalue weighted by Crippen LogP contribution is 2.44. The van der Waals surface area contributed by atoms with Gasteiger partial charge in [0.25, 0.3) is 5.91 Å². The number of hydrogen-bond donors (Lipinski definition) is 3. The first kappa shape index (κ1) is 13.1. The molecule has 0 aromatic heterocycles. The van der Waals surface area contributed by atoms with Crippen molar-refractivity contribution < 1.29 is 24.9 Å². The molecule has 4 atom stereocenters. The highest BCUT2D eigenvalue weighted by molar-refractivity contribution is 5.99. The van der Waals surface area contributed by atoms with E-state index in [0.29, 0.717) is 5.56 Å². The predicted octanol–water partition coefficient (Wildman–Crippen LogP) is 0.00980. The van der Waals surface area contributed by atoms with Gasteiger partial charge in [0.15, 0.2) is 0 Å². The van der Waals surface area contributed by atoms with Crippen molar-refractivity contribution in [3.63, 3.8) is 0 Å². The fourth-order valence-corrected chi connectivity index (χ4v) is 3.27. The van der Waals surface area contributed by atoms with Crippen LogP contribution in [0, 0.1) is 5.92 Å². The number of carboxylic acid groups (broad SMARTS) is 1. The van der Waals surface area contributed by atoms with Gasteiger partial charge in [-0.3, -0.25) is 9.59 Å². The van der Waals surface area contributed by atoms with Gasteiger partial charge in [0.1, 0.15) is 0 Å². The fraction of sp³-hybridized carbons (Fsp3) is 0.429. The number of carbonyl (C=O) groups excluding carboxylic acids is 1. The molecule has 2 aliphatic rings. The second-order valence-corrected chi connectivity index (χ2v) is 5.31. The molecule has 0 spiro atoms. The van der Waals surface area contributed by atoms with E-state index in [2.05, 4.69) is 0 Å². The van der Waals surface area contributed by atoms with E-state index in [1.54, 1.807) is 24.3 Å². The summed E-state index contributed by atoms with van der Waals surface area (Å²) in [7, 11) is 0. The molecular weight excluding hydrogens is 262 g/mol. The Bertz CT molecular complexity index is 572. The molecule has 1 aromatic rings. The van der Waals surface area contributed by atoms with Crippen LogP contribution in [0.5, 0.6) is 0 Å². The van der Waals surface area contributed by atoms with Gasteiger partial charge in [-0.2, -0.15) is 0 Å². The summed E-state index contributed by atoms with van der Waals surface area (Å²) < 4.78 is 0. The minimum absolute atomic E-state index is 0.0233. The second-order valence-electron chi connectivity index (χ2n) is 5.31. The first-order valence-corrected chi connectivity index (χ1v) is 6.48. The van der Waals surface area contributed by atoms with Crippen LogP contribution < -0.4 is 0 Å². The number of piperidine rings is 1. The number of fused-ring (bicyclic) bond motifs is 3. The van der Waals surface area contributed by atoms with Gasteiger partial charge in [0.05, 0.1) is 31.2 Å². The monoisotopic (exact) mass is 277 g/mol. The van der Waals surface area contributed by atoms with Crippen molar-refractivity contribution in [1.82, 2.24) is 4.90 Å². The van der Waals surface area contributed by atoms with Crippen LogP contribution in [0.3, 0.4) is 0 Å². The minimum Gasteiger partial charge on any atom is -0.481 e. The number of carbonyl (C=O) groups is 2. The molecule has 0 unspecified atom stereocenters. The summed E-state index contributed by atoms with van der Waals surface area (Å²) in [4.78, 5) is 24.8. The third kappa shape index (κ3) is 1.80. The molecule has 2 heterocycles. The molecule has 0 bridgehead atoms. The molecule has 0 saturated carbocycles. The van der Waals surface area contributed by atoms with E-state index >= 15 is 0 Å². The number of aliphatic carboxylic acids is 1. The Morgan fingerprint density at radius 2 is 2.00 bits per heavy atom. The van der Waals surface area contributed by atoms with Crippen LogP contribution in [0.2, 0.25) is 0 Å². The average Bonchev–Trinajstić information content (AvgIpc) is 2.69. The van der Waals surface area contributed by atoms with Crippen molar-refractivity contribution in [1.29, 1.82) is 0 Å². The first-order chi connectivity index (χ1) is 9.50. The first-order valence-electron chi connectivity index (χ1n) is 6.48. The van der Waals surface area contributed by atoms with Crippen molar-refractivity contribution in [3.8, 4) is 0 Å². The second kappa shape index (κ2) is 4.57. The van der Waals surface area contributed by atoms with Crippen molar-refractivity contribution in [2.45, 2.75) is 24.7 Å². The molecule has 106 valence electrons. The smallest absolute Gasteiger partial charge is 0.303 e. The van der Waals surface area contributed by atoms with E-state index in [-0.39, 0.29) is 18.9 Å². The Labute approximate surface area is 115 Å². The number of aliphatic hydroxyl groups excluding tert-OH is 2. The van der Waals surface area contributed by atoms with Crippen molar-refractivity contribution in [3.05, 3.63) is 35.4 Å². The molecule has 6 heteroatoms. The third-order valence-corrected chi connectivity index (χ3v) is 4.14. The standard InChI is InChI=1S/C14H15NO5/c16-10-6-15-12(9(13(10)19)5-11(17)18)7-3-1-2-4-8(7)14(15)20/h1-4,9-10,12-13,16,19H,5-6H2,(H,17,18)/t9-,10-,12+,13+/m0/s1. The summed E-state index contributed by atoms with van der Waals surface area (Å²) in [5.74, 6) is -1.98. The minimum atomic E-state index is -1.15. The lowest BCUT2D eigenvalue weighted by Crippen LogP contribution is -2.53. The normalized spacial score (nSPS) is 31.9. The largest absolute Gasteiger partial charge is 0.481 e. The molecule has 1 aromatic carbocycles. The Balaban J connectivity index is 2.06. The van der Waals surface area contributed by atoms with Crippen LogP contribution in [0.15, 0.2) is 24.3 Å². The van der Waals surface area contributed by atoms with Gasteiger partial charge in [-0.15, -0.1) is 0 Å². The third-order valence-electron chi connectivity index (χ3n) is 4.14. The maximum absolute atomic E-state index is 12.3. The zero-order chi connectivity index (χ0) is 14.4. The Kier molecular flexibility index (Phi) is 2.99. The van der Waals surface area contributed by atoms with E-state index in [9.17, 15) is 19.8 Å². The van der Waals surface area contributed by atoms with E-state index in [0.717, 1.165) is 5.56 Å². The number of nitrogens with zero attached hydrogens (tertiary/aromatic N) is 1. The van der Waals surface area contributed by atoms with E-state index in [1.807, 2.05) is 0 Å². The molecule has 3 rings (SSSR count). The molecule has 3 N–H and O–H groups in total. The van der Waals surface area contributed by atoms with Crippen LogP contribution in [0.1, 0.15) is 28.4 Å². The highest BCUT2D eigenvalue weighted by atomic mass is 16.4. The number of carboxylic acids is 1. The van der Waals surface area contributed by atoms with Crippen LogP contribution in [0.25, 0.3) is 0 Å². The maximum atomic E-state index is 12.3. The van der Waals surface area contributed by atoms with E-state index in [1.165, 1.54) is 4.90 Å². The van der Waals surface area contributed by atoms with E-state index in [4.69, 9.17) is 5.11 Å². The topological polar surface area (TPSA) is 98.1 Å². The number of rotatable bonds is 2. The fourth-order valence-electron chi connectivity index (χ4n) is 3.27. The number of hydrogen-bond acceptors (Lipinski definition) is 4. The summed E-state index contributed by atoms with van der Waals surface area (Å²) in [6.07, 6.45) is -2.55. The van der Waals surface area contributed by atoms with E-state index < -0.39 is 30.1 Å². The van der Waals surface area contributed by atoms with Gasteiger partial charge in [0.2, 0.25) is 0 Å². The Morgan fingerprint density at radius 3 is 2.70 bits per heavy atom. The lowest BCUT2D eigenvalue weighted by Gasteiger charge is -2.42. The molecule has 0 radical (unpaired) electrons. The van der Waals surface area contributed by atoms with Gasteiger partial charge < -0.3 is 20.2 Å². The molecular formula is C14H15NO5. The quantitative estimate of drug-likeness (QED) is 0.707. The van der Waals surface area contributed by atoms with Crippen molar-refractivity contribution in [2.24, 2.45) is 5.92 Å². The molecule has 20 heavy (non-hydrogen) atoms. The summed E-state index contributed by atoms with van der Waals surface area (Å²) in [6.45, 7) is 0.0233. The molecule has 1 amide bonds. The summed E-state index contributed by atoms with van der Waals surface area (Å²) in [6, 6.07) is 6.51. The molecule has 1 saturated heterocycles. The van der Waals surface area contributed by atoms with Crippen LogP contribution >= 0.6 is 0 Å². The molecule has 1 fully saturated rings. The predicted molar refractivity (Wildman–Crippen MR) is 68.0 cm³/mol. The Hall–Kier alpha value is -1.92. The molecule has 2 aliphatic heterocycles. The van der Waals surface area contributed by atoms with Gasteiger partial charge in [-0.05, 0) is 11.6 Å². The zero-order valence-electron chi connectivity index (χ0n) is 10.6. The Morgan fingerprint density at radius 1 is 1.30 bits per heavy atom. The zero-order valence-corrected chi connectivity index (χ0v) is 10.6. The van der Waals surface area contributed by atoms with Gasteiger partial charge in [0, 0.05) is 11.5 Å². The summed E-state index contributed by atoms with van der Waals surface area (Å²) in [5.41, 5.74) is 1.25. The average molecular weight is 277 g/mol. The highest BCUT2D eigenvalue weighted by Gasteiger charge is 2.50. The van der Waals surface area contributed by atoms with Crippen molar-refractivity contribution >= 4 is 11.9 Å². The van der Waals surface area contributed by atoms with Crippen LogP contribution in [0.4, 0.5) is 0 Å². The molecule has 0 aliphatic carbocycles. The van der Waals surface area contributed by atoms with Gasteiger partial charge >= 0.3 is 5.97 Å². The van der Waals surface area contributed by atoms with Gasteiger partial charge in [-0.25, -0.2) is 0 Å². The number of aliphatic hydroxyl groups is 2. The maximum Gasteiger partial charge on any atom is 0.303 e.